The minimum Gasteiger partial charge on any atom is -0.758 e. The number of piperidine rings is 1. The van der Waals surface area contributed by atoms with E-state index < -0.39 is 0 Å². The molecule has 1 aromatic heterocycles. The largest absolute Gasteiger partial charge is 0.758 e. The van der Waals surface area contributed by atoms with Gasteiger partial charge >= 0.3 is 0 Å². The van der Waals surface area contributed by atoms with E-state index in [1.807, 2.05) is 12.1 Å². The third kappa shape index (κ3) is 4.20. The Morgan fingerprint density at radius 1 is 1.10 bits per heavy atom. The number of fused-ring (bicyclic) bond motifs is 1. The molecule has 0 saturated carbocycles. The van der Waals surface area contributed by atoms with Crippen molar-refractivity contribution in [2.45, 2.75) is 25.5 Å². The highest BCUT2D eigenvalue weighted by Gasteiger charge is 2.23. The van der Waals surface area contributed by atoms with Crippen LogP contribution < -0.4 is 19.7 Å². The summed E-state index contributed by atoms with van der Waals surface area (Å²) in [6.45, 7) is 1.53. The molecular weight excluding hydrogens is 374 g/mol. The molecule has 0 atom stereocenters. The van der Waals surface area contributed by atoms with Crippen LogP contribution in [-0.4, -0.2) is 53.6 Å². The SMILES string of the molecule is COc1cc(Nc2nc(N3CCC(O)CC3)nc3c2CN([O-])C=C3)cc(OC)c1. The van der Waals surface area contributed by atoms with Crippen molar-refractivity contribution in [3.8, 4) is 11.5 Å². The van der Waals surface area contributed by atoms with Gasteiger partial charge in [-0.15, -0.1) is 0 Å². The zero-order valence-electron chi connectivity index (χ0n) is 16.5. The second kappa shape index (κ2) is 8.14. The molecule has 2 aliphatic rings. The topological polar surface area (TPSA) is 106 Å². The normalized spacial score (nSPS) is 16.6. The lowest BCUT2D eigenvalue weighted by Crippen LogP contribution is -2.37. The molecule has 29 heavy (non-hydrogen) atoms. The van der Waals surface area contributed by atoms with Crippen molar-refractivity contribution >= 4 is 23.5 Å². The van der Waals surface area contributed by atoms with Gasteiger partial charge in [-0.05, 0) is 25.1 Å². The predicted molar refractivity (Wildman–Crippen MR) is 110 cm³/mol. The average molecular weight is 398 g/mol. The number of nitrogens with zero attached hydrogens (tertiary/aromatic N) is 4. The molecule has 2 aliphatic heterocycles. The summed E-state index contributed by atoms with van der Waals surface area (Å²) in [7, 11) is 3.18. The molecule has 0 unspecified atom stereocenters. The molecule has 9 heteroatoms. The maximum atomic E-state index is 11.9. The van der Waals surface area contributed by atoms with Crippen LogP contribution in [0.5, 0.6) is 11.5 Å². The van der Waals surface area contributed by atoms with Gasteiger partial charge in [0.1, 0.15) is 17.3 Å². The second-order valence-corrected chi connectivity index (χ2v) is 7.07. The number of hydrogen-bond donors (Lipinski definition) is 2. The van der Waals surface area contributed by atoms with Crippen molar-refractivity contribution < 1.29 is 14.6 Å². The highest BCUT2D eigenvalue weighted by molar-refractivity contribution is 5.69. The number of benzene rings is 1. The van der Waals surface area contributed by atoms with E-state index in [1.165, 1.54) is 6.20 Å². The highest BCUT2D eigenvalue weighted by atomic mass is 16.5. The molecule has 154 valence electrons. The first-order valence-corrected chi connectivity index (χ1v) is 9.51. The van der Waals surface area contributed by atoms with Crippen molar-refractivity contribution in [1.82, 2.24) is 15.0 Å². The Bertz CT molecular complexity index is 890. The van der Waals surface area contributed by atoms with E-state index in [0.717, 1.165) is 16.3 Å². The molecule has 0 aliphatic carbocycles. The minimum absolute atomic E-state index is 0.161. The lowest BCUT2D eigenvalue weighted by Gasteiger charge is -2.33. The summed E-state index contributed by atoms with van der Waals surface area (Å²) in [6.07, 6.45) is 4.26. The number of aliphatic hydroxyl groups excluding tert-OH is 1. The highest BCUT2D eigenvalue weighted by Crippen LogP contribution is 2.32. The summed E-state index contributed by atoms with van der Waals surface area (Å²) in [4.78, 5) is 11.4. The number of nitrogens with one attached hydrogen (secondary N) is 1. The summed E-state index contributed by atoms with van der Waals surface area (Å²) in [5.41, 5.74) is 2.17. The first kappa shape index (κ1) is 19.3. The van der Waals surface area contributed by atoms with Crippen LogP contribution in [0.2, 0.25) is 0 Å². The van der Waals surface area contributed by atoms with Gasteiger partial charge in [-0.3, -0.25) is 0 Å². The first-order valence-electron chi connectivity index (χ1n) is 9.51. The maximum absolute atomic E-state index is 11.9. The van der Waals surface area contributed by atoms with Crippen molar-refractivity contribution in [2.24, 2.45) is 0 Å². The molecule has 1 fully saturated rings. The Morgan fingerprint density at radius 3 is 2.45 bits per heavy atom. The summed E-state index contributed by atoms with van der Waals surface area (Å²) in [6, 6.07) is 5.45. The van der Waals surface area contributed by atoms with Crippen LogP contribution in [0.3, 0.4) is 0 Å². The van der Waals surface area contributed by atoms with E-state index in [9.17, 15) is 10.3 Å². The molecule has 4 rings (SSSR count). The van der Waals surface area contributed by atoms with Gasteiger partial charge in [0.2, 0.25) is 5.95 Å². The number of methoxy groups -OCH3 is 2. The van der Waals surface area contributed by atoms with Crippen molar-refractivity contribution in [1.29, 1.82) is 0 Å². The fourth-order valence-corrected chi connectivity index (χ4v) is 3.47. The summed E-state index contributed by atoms with van der Waals surface area (Å²) in [5.74, 6) is 2.43. The zero-order chi connectivity index (χ0) is 20.4. The molecule has 9 nitrogen and oxygen atoms in total. The first-order chi connectivity index (χ1) is 14.1. The Labute approximate surface area is 169 Å². The number of hydroxylamine groups is 2. The summed E-state index contributed by atoms with van der Waals surface area (Å²) in [5, 5.41) is 25.9. The Balaban J connectivity index is 1.71. The smallest absolute Gasteiger partial charge is 0.227 e. The van der Waals surface area contributed by atoms with Gasteiger partial charge in [-0.25, -0.2) is 4.98 Å². The number of anilines is 3. The van der Waals surface area contributed by atoms with Gasteiger partial charge in [0.05, 0.1) is 26.0 Å². The molecule has 2 N–H and O–H groups in total. The van der Waals surface area contributed by atoms with Crippen molar-refractivity contribution in [3.63, 3.8) is 0 Å². The monoisotopic (exact) mass is 398 g/mol. The van der Waals surface area contributed by atoms with Crippen LogP contribution in [0.4, 0.5) is 17.5 Å². The van der Waals surface area contributed by atoms with Crippen LogP contribution in [0.1, 0.15) is 24.1 Å². The van der Waals surface area contributed by atoms with E-state index in [1.54, 1.807) is 26.4 Å². The van der Waals surface area contributed by atoms with Gasteiger partial charge in [0.15, 0.2) is 0 Å². The number of rotatable bonds is 5. The zero-order valence-corrected chi connectivity index (χ0v) is 16.5. The fourth-order valence-electron chi connectivity index (χ4n) is 3.47. The van der Waals surface area contributed by atoms with Gasteiger partial charge < -0.3 is 35.1 Å². The van der Waals surface area contributed by atoms with E-state index in [2.05, 4.69) is 15.2 Å². The molecule has 1 aromatic carbocycles. The molecule has 0 bridgehead atoms. The molecule has 2 aromatic rings. The minimum atomic E-state index is -0.278. The second-order valence-electron chi connectivity index (χ2n) is 7.07. The standard InChI is InChI=1S/C20H24N5O4/c1-28-15-9-13(10-16(11-15)29-2)21-19-17-12-25(27)8-5-18(17)22-20(23-19)24-6-3-14(26)4-7-24/h5,8-11,14,26H,3-4,6-7,12H2,1-2H3,(H,21,22,23)/q-1. The maximum Gasteiger partial charge on any atom is 0.227 e. The quantitative estimate of drug-likeness (QED) is 0.785. The van der Waals surface area contributed by atoms with E-state index in [4.69, 9.17) is 14.5 Å². The summed E-state index contributed by atoms with van der Waals surface area (Å²) >= 11 is 0. The van der Waals surface area contributed by atoms with E-state index in [-0.39, 0.29) is 12.6 Å². The van der Waals surface area contributed by atoms with Gasteiger partial charge in [-0.1, -0.05) is 0 Å². The van der Waals surface area contributed by atoms with Crippen LogP contribution in [0.15, 0.2) is 24.4 Å². The number of hydrogen-bond acceptors (Lipinski definition) is 9. The molecule has 1 saturated heterocycles. The van der Waals surface area contributed by atoms with Gasteiger partial charge in [0, 0.05) is 49.1 Å². The molecular formula is C20H24N5O4-. The third-order valence-electron chi connectivity index (χ3n) is 5.10. The molecule has 0 radical (unpaired) electrons. The number of aliphatic hydroxyl groups is 1. The predicted octanol–water partition coefficient (Wildman–Crippen LogP) is 2.48. The van der Waals surface area contributed by atoms with Crippen LogP contribution in [0.25, 0.3) is 6.08 Å². The molecule has 0 spiro atoms. The van der Waals surface area contributed by atoms with Crippen LogP contribution in [0, 0.1) is 5.21 Å². The van der Waals surface area contributed by atoms with Gasteiger partial charge in [0.25, 0.3) is 0 Å². The average Bonchev–Trinajstić information content (AvgIpc) is 2.74. The lowest BCUT2D eigenvalue weighted by molar-refractivity contribution is 0.145. The Hall–Kier alpha value is -3.04. The van der Waals surface area contributed by atoms with Crippen LogP contribution >= 0.6 is 0 Å². The van der Waals surface area contributed by atoms with Crippen molar-refractivity contribution in [2.75, 3.05) is 37.5 Å². The third-order valence-corrected chi connectivity index (χ3v) is 5.10. The lowest BCUT2D eigenvalue weighted by atomic mass is 10.1. The van der Waals surface area contributed by atoms with Crippen molar-refractivity contribution in [3.05, 3.63) is 40.9 Å². The fraction of sp³-hybridized carbons (Fsp3) is 0.400. The molecule has 3 heterocycles. The number of ether oxygens (including phenoxy) is 2. The molecule has 0 amide bonds. The van der Waals surface area contributed by atoms with Gasteiger partial charge in [-0.2, -0.15) is 4.98 Å². The summed E-state index contributed by atoms with van der Waals surface area (Å²) < 4.78 is 10.7. The van der Waals surface area contributed by atoms with Crippen LogP contribution in [-0.2, 0) is 6.54 Å². The van der Waals surface area contributed by atoms with E-state index >= 15 is 0 Å². The Morgan fingerprint density at radius 2 is 1.79 bits per heavy atom. The Kier molecular flexibility index (Phi) is 5.41. The number of aromatic nitrogens is 2. The van der Waals surface area contributed by atoms with E-state index in [0.29, 0.717) is 54.9 Å².